The summed E-state index contributed by atoms with van der Waals surface area (Å²) in [5.41, 5.74) is 7.78. The van der Waals surface area contributed by atoms with E-state index in [2.05, 4.69) is 0 Å². The van der Waals surface area contributed by atoms with Crippen LogP contribution in [0.5, 0.6) is 0 Å². The van der Waals surface area contributed by atoms with E-state index in [1.165, 1.54) is 6.07 Å². The van der Waals surface area contributed by atoms with Crippen LogP contribution in [-0.2, 0) is 0 Å². The molecule has 0 bridgehead atoms. The van der Waals surface area contributed by atoms with Crippen molar-refractivity contribution in [2.24, 2.45) is 0 Å². The molecule has 0 unspecified atom stereocenters. The van der Waals surface area contributed by atoms with Gasteiger partial charge in [-0.1, -0.05) is 152 Å². The van der Waals surface area contributed by atoms with Crippen LogP contribution in [0.1, 0.15) is 6.85 Å². The summed E-state index contributed by atoms with van der Waals surface area (Å²) in [5, 5.41) is 2.53. The molecule has 11 rings (SSSR count). The fourth-order valence-electron chi connectivity index (χ4n) is 7.59. The van der Waals surface area contributed by atoms with Crippen molar-refractivity contribution in [1.29, 1.82) is 0 Å². The zero-order valence-corrected chi connectivity index (χ0v) is 29.8. The van der Waals surface area contributed by atoms with Gasteiger partial charge in [0.25, 0.3) is 0 Å². The summed E-state index contributed by atoms with van der Waals surface area (Å²) in [6.07, 6.45) is 0. The molecule has 0 aliphatic rings. The van der Waals surface area contributed by atoms with E-state index in [0.717, 1.165) is 44.1 Å². The molecule has 5 nitrogen and oxygen atoms in total. The van der Waals surface area contributed by atoms with Crippen LogP contribution in [0.15, 0.2) is 198 Å². The summed E-state index contributed by atoms with van der Waals surface area (Å²) in [6.45, 7) is 0. The molecule has 0 radical (unpaired) electrons. The van der Waals surface area contributed by atoms with Crippen molar-refractivity contribution >= 4 is 43.7 Å². The third kappa shape index (κ3) is 5.37. The summed E-state index contributed by atoms with van der Waals surface area (Å²) in [5.74, 6) is 0.727. The molecule has 0 aliphatic carbocycles. The highest BCUT2D eigenvalue weighted by Crippen LogP contribution is 2.40. The standard InChI is InChI=1S/C51H32N4O/c1-3-13-33(14-4-1)35-25-27-36(28-26-35)49-52-50(38-18-11-17-37(31-38)34-15-5-2-6-16-34)54-51(53-49)39-29-30-42-47(32-39)56-46-24-12-23-45(48(42)46)55-43-21-9-7-19-40(43)41-20-8-10-22-44(41)55/h1-32H/i12D,23D,29D,30D,32D. The Labute approximate surface area is 329 Å². The summed E-state index contributed by atoms with van der Waals surface area (Å²) in [7, 11) is 0. The van der Waals surface area contributed by atoms with Crippen molar-refractivity contribution in [3.8, 4) is 62.1 Å². The Balaban J connectivity index is 1.15. The molecule has 3 aromatic heterocycles. The van der Waals surface area contributed by atoms with Crippen LogP contribution in [0.2, 0.25) is 0 Å². The van der Waals surface area contributed by atoms with Crippen LogP contribution in [0.4, 0.5) is 0 Å². The van der Waals surface area contributed by atoms with E-state index in [4.69, 9.17) is 20.7 Å². The molecule has 0 saturated carbocycles. The van der Waals surface area contributed by atoms with E-state index in [1.54, 1.807) is 0 Å². The monoisotopic (exact) mass is 721 g/mol. The molecule has 8 aromatic carbocycles. The zero-order valence-electron chi connectivity index (χ0n) is 34.8. The van der Waals surface area contributed by atoms with Gasteiger partial charge < -0.3 is 8.98 Å². The average molecular weight is 722 g/mol. The van der Waals surface area contributed by atoms with Gasteiger partial charge in [0, 0.05) is 32.8 Å². The van der Waals surface area contributed by atoms with E-state index in [0.29, 0.717) is 33.8 Å². The van der Waals surface area contributed by atoms with Gasteiger partial charge in [-0.3, -0.25) is 0 Å². The minimum atomic E-state index is -0.268. The lowest BCUT2D eigenvalue weighted by atomic mass is 10.0. The summed E-state index contributed by atoms with van der Waals surface area (Å²) in [6, 6.07) is 52.3. The van der Waals surface area contributed by atoms with Crippen molar-refractivity contribution in [3.05, 3.63) is 194 Å². The number of aromatic nitrogens is 4. The molecule has 5 heteroatoms. The smallest absolute Gasteiger partial charge is 0.164 e. The van der Waals surface area contributed by atoms with Crippen molar-refractivity contribution in [3.63, 3.8) is 0 Å². The van der Waals surface area contributed by atoms with Gasteiger partial charge >= 0.3 is 0 Å². The number of hydrogen-bond acceptors (Lipinski definition) is 4. The average Bonchev–Trinajstić information content (AvgIpc) is 3.86. The highest BCUT2D eigenvalue weighted by Gasteiger charge is 2.19. The molecule has 262 valence electrons. The third-order valence-corrected chi connectivity index (χ3v) is 10.3. The van der Waals surface area contributed by atoms with Crippen LogP contribution in [-0.4, -0.2) is 19.5 Å². The first kappa shape index (κ1) is 27.0. The number of rotatable bonds is 6. The fourth-order valence-corrected chi connectivity index (χ4v) is 7.59. The fraction of sp³-hybridized carbons (Fsp3) is 0. The summed E-state index contributed by atoms with van der Waals surface area (Å²) >= 11 is 0. The maximum atomic E-state index is 9.68. The lowest BCUT2D eigenvalue weighted by Crippen LogP contribution is -2.00. The van der Waals surface area contributed by atoms with Crippen LogP contribution in [0.3, 0.4) is 0 Å². The predicted molar refractivity (Wildman–Crippen MR) is 229 cm³/mol. The van der Waals surface area contributed by atoms with Gasteiger partial charge in [0.2, 0.25) is 0 Å². The summed E-state index contributed by atoms with van der Waals surface area (Å²) < 4.78 is 55.4. The third-order valence-electron chi connectivity index (χ3n) is 10.3. The van der Waals surface area contributed by atoms with Crippen molar-refractivity contribution in [2.45, 2.75) is 0 Å². The molecule has 0 saturated heterocycles. The molecule has 0 spiro atoms. The Hall–Kier alpha value is -7.63. The van der Waals surface area contributed by atoms with Crippen molar-refractivity contribution < 1.29 is 11.3 Å². The van der Waals surface area contributed by atoms with Gasteiger partial charge in [-0.2, -0.15) is 0 Å². The molecule has 11 aromatic rings. The lowest BCUT2D eigenvalue weighted by molar-refractivity contribution is 0.669. The first-order chi connectivity index (χ1) is 29.8. The topological polar surface area (TPSA) is 56.7 Å². The second-order valence-corrected chi connectivity index (χ2v) is 13.6. The van der Waals surface area contributed by atoms with Gasteiger partial charge in [0.15, 0.2) is 17.5 Å². The van der Waals surface area contributed by atoms with E-state index in [-0.39, 0.29) is 58.2 Å². The molecule has 0 amide bonds. The van der Waals surface area contributed by atoms with Crippen LogP contribution in [0, 0.1) is 0 Å². The molecular weight excluding hydrogens is 685 g/mol. The quantitative estimate of drug-likeness (QED) is 0.172. The second kappa shape index (κ2) is 13.0. The molecule has 0 fully saturated rings. The minimum Gasteiger partial charge on any atom is -0.456 e. The Morgan fingerprint density at radius 2 is 0.946 bits per heavy atom. The first-order valence-electron chi connectivity index (χ1n) is 20.9. The Morgan fingerprint density at radius 1 is 0.411 bits per heavy atom. The van der Waals surface area contributed by atoms with Crippen LogP contribution >= 0.6 is 0 Å². The lowest BCUT2D eigenvalue weighted by Gasteiger charge is -2.11. The number of para-hydroxylation sites is 2. The summed E-state index contributed by atoms with van der Waals surface area (Å²) in [4.78, 5) is 14.8. The zero-order chi connectivity index (χ0) is 41.4. The van der Waals surface area contributed by atoms with Crippen LogP contribution in [0.25, 0.3) is 106 Å². The van der Waals surface area contributed by atoms with Gasteiger partial charge in [0.05, 0.1) is 29.0 Å². The molecule has 0 aliphatic heterocycles. The molecular formula is C51H32N4O. The molecule has 3 heterocycles. The normalized spacial score (nSPS) is 12.8. The Bertz CT molecular complexity index is 3480. The van der Waals surface area contributed by atoms with Crippen molar-refractivity contribution in [2.75, 3.05) is 0 Å². The minimum absolute atomic E-state index is 0.0113. The number of furan rings is 1. The number of hydrogen-bond donors (Lipinski definition) is 0. The van der Waals surface area contributed by atoms with E-state index < -0.39 is 0 Å². The number of nitrogens with zero attached hydrogens (tertiary/aromatic N) is 4. The van der Waals surface area contributed by atoms with E-state index >= 15 is 0 Å². The Morgan fingerprint density at radius 3 is 1.64 bits per heavy atom. The second-order valence-electron chi connectivity index (χ2n) is 13.6. The van der Waals surface area contributed by atoms with Crippen LogP contribution < -0.4 is 0 Å². The number of benzene rings is 8. The van der Waals surface area contributed by atoms with Gasteiger partial charge in [0.1, 0.15) is 11.2 Å². The molecule has 0 N–H and O–H groups in total. The maximum Gasteiger partial charge on any atom is 0.164 e. The SMILES string of the molecule is [2H]c1cc2oc3c([2H])c(-c4nc(-c5ccc(-c6ccccc6)cc5)nc(-c5cccc(-c6ccccc6)c5)n4)c([2H])c([2H])c3c2c(-n2c3ccccc3c3ccccc32)c1[2H]. The van der Waals surface area contributed by atoms with Gasteiger partial charge in [-0.05, 0) is 64.6 Å². The number of fused-ring (bicyclic) bond motifs is 6. The predicted octanol–water partition coefficient (Wildman–Crippen LogP) is 13.2. The highest BCUT2D eigenvalue weighted by atomic mass is 16.3. The highest BCUT2D eigenvalue weighted by molar-refractivity contribution is 6.14. The largest absolute Gasteiger partial charge is 0.456 e. The van der Waals surface area contributed by atoms with Crippen molar-refractivity contribution in [1.82, 2.24) is 19.5 Å². The first-order valence-corrected chi connectivity index (χ1v) is 18.4. The molecule has 56 heavy (non-hydrogen) atoms. The van der Waals surface area contributed by atoms with Gasteiger partial charge in [-0.25, -0.2) is 15.0 Å². The van der Waals surface area contributed by atoms with Gasteiger partial charge in [-0.15, -0.1) is 0 Å². The molecule has 0 atom stereocenters. The van der Waals surface area contributed by atoms with E-state index in [1.807, 2.05) is 162 Å². The Kier molecular flexibility index (Phi) is 6.29. The van der Waals surface area contributed by atoms with E-state index in [9.17, 15) is 5.48 Å². The maximum absolute atomic E-state index is 9.68.